The molecule has 2 saturated carbocycles. The van der Waals surface area contributed by atoms with E-state index in [2.05, 4.69) is 5.32 Å². The second-order valence-electron chi connectivity index (χ2n) is 6.38. The number of hydrogen-bond acceptors (Lipinski definition) is 2. The fourth-order valence-corrected chi connectivity index (χ4v) is 3.59. The van der Waals surface area contributed by atoms with Gasteiger partial charge in [0.05, 0.1) is 5.41 Å². The Morgan fingerprint density at radius 2 is 1.67 bits per heavy atom. The van der Waals surface area contributed by atoms with Crippen LogP contribution < -0.4 is 5.32 Å². The fourth-order valence-electron chi connectivity index (χ4n) is 3.59. The third-order valence-electron chi connectivity index (χ3n) is 4.99. The van der Waals surface area contributed by atoms with Crippen LogP contribution in [-0.2, 0) is 4.79 Å². The lowest BCUT2D eigenvalue weighted by Crippen LogP contribution is -2.53. The largest absolute Gasteiger partial charge is 0.481 e. The highest BCUT2D eigenvalue weighted by atomic mass is 16.4. The van der Waals surface area contributed by atoms with Gasteiger partial charge >= 0.3 is 5.97 Å². The highest BCUT2D eigenvalue weighted by Crippen LogP contribution is 2.37. The van der Waals surface area contributed by atoms with Gasteiger partial charge < -0.3 is 10.4 Å². The molecule has 0 aliphatic heterocycles. The van der Waals surface area contributed by atoms with Crippen molar-refractivity contribution in [1.29, 1.82) is 0 Å². The Balaban J connectivity index is 1.98. The Morgan fingerprint density at radius 1 is 1.06 bits per heavy atom. The van der Waals surface area contributed by atoms with Crippen LogP contribution in [0.3, 0.4) is 0 Å². The summed E-state index contributed by atoms with van der Waals surface area (Å²) in [6, 6.07) is 0.723. The van der Waals surface area contributed by atoms with Gasteiger partial charge in [-0.2, -0.15) is 0 Å². The number of carboxylic acids is 1. The van der Waals surface area contributed by atoms with Gasteiger partial charge in [0.1, 0.15) is 0 Å². The van der Waals surface area contributed by atoms with Crippen molar-refractivity contribution in [2.45, 2.75) is 83.2 Å². The van der Waals surface area contributed by atoms with Gasteiger partial charge in [-0.15, -0.1) is 0 Å². The minimum atomic E-state index is -0.617. The van der Waals surface area contributed by atoms with Crippen LogP contribution in [0.25, 0.3) is 0 Å². The number of nitrogens with one attached hydrogen (secondary N) is 1. The number of aliphatic carboxylic acids is 1. The molecule has 0 amide bonds. The van der Waals surface area contributed by atoms with Gasteiger partial charge in [-0.05, 0) is 32.6 Å². The van der Waals surface area contributed by atoms with E-state index in [0.717, 1.165) is 19.3 Å². The van der Waals surface area contributed by atoms with Gasteiger partial charge in [0, 0.05) is 12.1 Å². The van der Waals surface area contributed by atoms with Crippen LogP contribution in [0.5, 0.6) is 0 Å². The molecule has 0 aromatic carbocycles. The summed E-state index contributed by atoms with van der Waals surface area (Å²) in [6.45, 7) is 1.93. The molecule has 3 heteroatoms. The molecule has 18 heavy (non-hydrogen) atoms. The number of hydrogen-bond donors (Lipinski definition) is 2. The molecular weight excluding hydrogens is 226 g/mol. The van der Waals surface area contributed by atoms with Crippen molar-refractivity contribution >= 4 is 5.97 Å². The predicted molar refractivity (Wildman–Crippen MR) is 72.6 cm³/mol. The normalized spacial score (nSPS) is 35.1. The molecule has 2 fully saturated rings. The third kappa shape index (κ3) is 3.05. The fraction of sp³-hybridized carbons (Fsp3) is 0.933. The SMILES string of the molecule is CC1(C(=O)O)CCCCC1NC1CCCCCC1. The lowest BCUT2D eigenvalue weighted by Gasteiger charge is -2.40. The summed E-state index contributed by atoms with van der Waals surface area (Å²) in [6.07, 6.45) is 11.8. The van der Waals surface area contributed by atoms with Crippen LogP contribution >= 0.6 is 0 Å². The molecule has 2 N–H and O–H groups in total. The Bertz CT molecular complexity index is 284. The summed E-state index contributed by atoms with van der Waals surface area (Å²) in [5.74, 6) is -0.617. The van der Waals surface area contributed by atoms with Gasteiger partial charge in [0.25, 0.3) is 0 Å². The molecule has 0 saturated heterocycles. The van der Waals surface area contributed by atoms with E-state index in [1.54, 1.807) is 0 Å². The summed E-state index contributed by atoms with van der Waals surface area (Å²) in [5, 5.41) is 13.2. The molecule has 0 heterocycles. The number of carboxylic acid groups (broad SMARTS) is 1. The molecule has 2 aliphatic carbocycles. The maximum atomic E-state index is 11.6. The third-order valence-corrected chi connectivity index (χ3v) is 4.99. The smallest absolute Gasteiger partial charge is 0.310 e. The molecular formula is C15H27NO2. The van der Waals surface area contributed by atoms with Crippen molar-refractivity contribution in [2.75, 3.05) is 0 Å². The van der Waals surface area contributed by atoms with Crippen LogP contribution in [0, 0.1) is 5.41 Å². The number of carbonyl (C=O) groups is 1. The van der Waals surface area contributed by atoms with Crippen molar-refractivity contribution in [1.82, 2.24) is 5.32 Å². The van der Waals surface area contributed by atoms with E-state index in [1.165, 1.54) is 44.9 Å². The highest BCUT2D eigenvalue weighted by molar-refractivity contribution is 5.75. The second kappa shape index (κ2) is 6.05. The molecule has 0 spiro atoms. The Labute approximate surface area is 110 Å². The maximum Gasteiger partial charge on any atom is 0.310 e. The van der Waals surface area contributed by atoms with E-state index in [1.807, 2.05) is 6.92 Å². The average Bonchev–Trinajstić information content (AvgIpc) is 2.60. The van der Waals surface area contributed by atoms with E-state index in [4.69, 9.17) is 0 Å². The molecule has 3 nitrogen and oxygen atoms in total. The van der Waals surface area contributed by atoms with Gasteiger partial charge in [0.15, 0.2) is 0 Å². The van der Waals surface area contributed by atoms with Crippen LogP contribution in [0.4, 0.5) is 0 Å². The summed E-state index contributed by atoms with van der Waals surface area (Å²) < 4.78 is 0. The van der Waals surface area contributed by atoms with Crippen molar-refractivity contribution in [3.05, 3.63) is 0 Å². The summed E-state index contributed by atoms with van der Waals surface area (Å²) in [5.41, 5.74) is -0.551. The van der Waals surface area contributed by atoms with Gasteiger partial charge in [0.2, 0.25) is 0 Å². The van der Waals surface area contributed by atoms with E-state index in [-0.39, 0.29) is 6.04 Å². The van der Waals surface area contributed by atoms with E-state index < -0.39 is 11.4 Å². The first-order valence-electron chi connectivity index (χ1n) is 7.62. The Kier molecular flexibility index (Phi) is 4.66. The van der Waals surface area contributed by atoms with Crippen molar-refractivity contribution in [3.63, 3.8) is 0 Å². The van der Waals surface area contributed by atoms with Crippen molar-refractivity contribution < 1.29 is 9.90 Å². The zero-order chi connectivity index (χ0) is 13.0. The minimum absolute atomic E-state index is 0.173. The molecule has 0 aromatic rings. The first kappa shape index (κ1) is 13.9. The van der Waals surface area contributed by atoms with E-state index in [9.17, 15) is 9.90 Å². The lowest BCUT2D eigenvalue weighted by atomic mass is 9.71. The first-order valence-corrected chi connectivity index (χ1v) is 7.62. The molecule has 2 atom stereocenters. The Morgan fingerprint density at radius 3 is 2.28 bits per heavy atom. The molecule has 104 valence electrons. The lowest BCUT2D eigenvalue weighted by molar-refractivity contribution is -0.151. The second-order valence-corrected chi connectivity index (χ2v) is 6.38. The topological polar surface area (TPSA) is 49.3 Å². The standard InChI is InChI=1S/C15H27NO2/c1-15(14(17)18)11-7-6-10-13(15)16-12-8-4-2-3-5-9-12/h12-13,16H,2-11H2,1H3,(H,17,18). The maximum absolute atomic E-state index is 11.6. The first-order chi connectivity index (χ1) is 8.63. The average molecular weight is 253 g/mol. The van der Waals surface area contributed by atoms with Crippen molar-refractivity contribution in [3.8, 4) is 0 Å². The molecule has 2 aliphatic rings. The monoisotopic (exact) mass is 253 g/mol. The molecule has 2 unspecified atom stereocenters. The molecule has 0 radical (unpaired) electrons. The summed E-state index contributed by atoms with van der Waals surface area (Å²) in [7, 11) is 0. The van der Waals surface area contributed by atoms with Gasteiger partial charge in [-0.1, -0.05) is 38.5 Å². The van der Waals surface area contributed by atoms with Gasteiger partial charge in [-0.25, -0.2) is 0 Å². The summed E-state index contributed by atoms with van der Waals surface area (Å²) in [4.78, 5) is 11.6. The van der Waals surface area contributed by atoms with Crippen molar-refractivity contribution in [2.24, 2.45) is 5.41 Å². The molecule has 0 bridgehead atoms. The quantitative estimate of drug-likeness (QED) is 0.758. The number of rotatable bonds is 3. The molecule has 0 aromatic heterocycles. The predicted octanol–water partition coefficient (Wildman–Crippen LogP) is 3.33. The summed E-state index contributed by atoms with van der Waals surface area (Å²) >= 11 is 0. The van der Waals surface area contributed by atoms with E-state index in [0.29, 0.717) is 6.04 Å². The van der Waals surface area contributed by atoms with Crippen LogP contribution in [0.2, 0.25) is 0 Å². The highest BCUT2D eigenvalue weighted by Gasteiger charge is 2.43. The van der Waals surface area contributed by atoms with E-state index >= 15 is 0 Å². The van der Waals surface area contributed by atoms with Gasteiger partial charge in [-0.3, -0.25) is 4.79 Å². The zero-order valence-corrected chi connectivity index (χ0v) is 11.6. The van der Waals surface area contributed by atoms with Crippen LogP contribution in [0.1, 0.15) is 71.1 Å². The zero-order valence-electron chi connectivity index (χ0n) is 11.6. The molecule has 2 rings (SSSR count). The van der Waals surface area contributed by atoms with Crippen LogP contribution in [-0.4, -0.2) is 23.2 Å². The minimum Gasteiger partial charge on any atom is -0.481 e. The Hall–Kier alpha value is -0.570. The van der Waals surface area contributed by atoms with Crippen LogP contribution in [0.15, 0.2) is 0 Å².